The first-order valence-electron chi connectivity index (χ1n) is 10.2. The average molecular weight is 393 g/mol. The van der Waals surface area contributed by atoms with E-state index >= 15 is 0 Å². The Labute approximate surface area is 171 Å². The molecule has 0 radical (unpaired) electrons. The Balaban J connectivity index is 1.40. The lowest BCUT2D eigenvalue weighted by Gasteiger charge is -2.27. The highest BCUT2D eigenvalue weighted by Gasteiger charge is 2.14. The Kier molecular flexibility index (Phi) is 6.22. The van der Waals surface area contributed by atoms with Crippen LogP contribution in [0.3, 0.4) is 0 Å². The van der Waals surface area contributed by atoms with E-state index in [-0.39, 0.29) is 0 Å². The molecule has 1 N–H and O–H groups in total. The number of nitrogens with one attached hydrogen (secondary N) is 1. The van der Waals surface area contributed by atoms with Gasteiger partial charge in [0.05, 0.1) is 19.8 Å². The van der Waals surface area contributed by atoms with Gasteiger partial charge in [0.2, 0.25) is 11.7 Å². The zero-order chi connectivity index (χ0) is 20.1. The summed E-state index contributed by atoms with van der Waals surface area (Å²) in [6, 6.07) is 16.7. The lowest BCUT2D eigenvalue weighted by atomic mass is 10.0. The summed E-state index contributed by atoms with van der Waals surface area (Å²) in [6.07, 6.45) is 0. The van der Waals surface area contributed by atoms with E-state index in [1.165, 1.54) is 11.1 Å². The van der Waals surface area contributed by atoms with Gasteiger partial charge < -0.3 is 14.6 Å². The normalized spacial score (nSPS) is 15.0. The lowest BCUT2D eigenvalue weighted by Crippen LogP contribution is -2.35. The topological polar surface area (TPSA) is 63.4 Å². The standard InChI is InChI=1S/C23H28N4O2/c1-17(2)18-7-9-19(10-8-18)23-25-22(29-26-23)15-24-21-6-4-3-5-20(21)16-27-11-13-28-14-12-27/h3-10,17,24H,11-16H2,1-2H3. The number of morpholine rings is 1. The van der Waals surface area contributed by atoms with E-state index in [2.05, 4.69) is 76.7 Å². The predicted octanol–water partition coefficient (Wildman–Crippen LogP) is 4.30. The second-order valence-corrected chi connectivity index (χ2v) is 7.69. The van der Waals surface area contributed by atoms with Crippen LogP contribution in [0.25, 0.3) is 11.4 Å². The van der Waals surface area contributed by atoms with Crippen molar-refractivity contribution in [3.05, 3.63) is 65.5 Å². The van der Waals surface area contributed by atoms with E-state index in [9.17, 15) is 0 Å². The number of anilines is 1. The van der Waals surface area contributed by atoms with Crippen LogP contribution in [0, 0.1) is 0 Å². The zero-order valence-corrected chi connectivity index (χ0v) is 17.1. The first kappa shape index (κ1) is 19.6. The number of aromatic nitrogens is 2. The molecule has 0 bridgehead atoms. The van der Waals surface area contributed by atoms with Gasteiger partial charge in [0.15, 0.2) is 0 Å². The second-order valence-electron chi connectivity index (χ2n) is 7.69. The lowest BCUT2D eigenvalue weighted by molar-refractivity contribution is 0.0342. The molecule has 0 saturated carbocycles. The fourth-order valence-electron chi connectivity index (χ4n) is 3.46. The fourth-order valence-corrected chi connectivity index (χ4v) is 3.46. The Morgan fingerprint density at radius 3 is 2.55 bits per heavy atom. The summed E-state index contributed by atoms with van der Waals surface area (Å²) >= 11 is 0. The minimum Gasteiger partial charge on any atom is -0.379 e. The summed E-state index contributed by atoms with van der Waals surface area (Å²) in [5.74, 6) is 1.71. The van der Waals surface area contributed by atoms with Gasteiger partial charge in [-0.25, -0.2) is 0 Å². The molecule has 1 fully saturated rings. The predicted molar refractivity (Wildman–Crippen MR) is 114 cm³/mol. The maximum absolute atomic E-state index is 5.46. The number of rotatable bonds is 7. The molecule has 3 aromatic rings. The number of benzene rings is 2. The molecule has 0 aliphatic carbocycles. The number of hydrogen-bond acceptors (Lipinski definition) is 6. The van der Waals surface area contributed by atoms with Crippen molar-refractivity contribution in [2.45, 2.75) is 32.9 Å². The average Bonchev–Trinajstić information content (AvgIpc) is 3.23. The van der Waals surface area contributed by atoms with E-state index in [0.717, 1.165) is 44.1 Å². The van der Waals surface area contributed by atoms with Crippen LogP contribution >= 0.6 is 0 Å². The molecule has 152 valence electrons. The van der Waals surface area contributed by atoms with Crippen LogP contribution in [-0.4, -0.2) is 41.3 Å². The van der Waals surface area contributed by atoms with Crippen LogP contribution in [-0.2, 0) is 17.8 Å². The van der Waals surface area contributed by atoms with Gasteiger partial charge in [0.25, 0.3) is 0 Å². The van der Waals surface area contributed by atoms with Crippen LogP contribution in [0.1, 0.15) is 36.8 Å². The number of para-hydroxylation sites is 1. The van der Waals surface area contributed by atoms with Crippen molar-refractivity contribution in [1.29, 1.82) is 0 Å². The molecular formula is C23H28N4O2. The molecule has 0 unspecified atom stereocenters. The highest BCUT2D eigenvalue weighted by Crippen LogP contribution is 2.22. The Morgan fingerprint density at radius 2 is 1.79 bits per heavy atom. The maximum Gasteiger partial charge on any atom is 0.246 e. The molecule has 2 aromatic carbocycles. The molecule has 1 aliphatic rings. The summed E-state index contributed by atoms with van der Waals surface area (Å²) in [6.45, 7) is 9.32. The molecule has 0 spiro atoms. The number of hydrogen-bond donors (Lipinski definition) is 1. The summed E-state index contributed by atoms with van der Waals surface area (Å²) in [4.78, 5) is 6.96. The van der Waals surface area contributed by atoms with Crippen molar-refractivity contribution in [2.24, 2.45) is 0 Å². The van der Waals surface area contributed by atoms with Crippen molar-refractivity contribution >= 4 is 5.69 Å². The van der Waals surface area contributed by atoms with Crippen molar-refractivity contribution in [3.8, 4) is 11.4 Å². The van der Waals surface area contributed by atoms with Gasteiger partial charge >= 0.3 is 0 Å². The molecule has 0 atom stereocenters. The summed E-state index contributed by atoms with van der Waals surface area (Å²) in [7, 11) is 0. The summed E-state index contributed by atoms with van der Waals surface area (Å²) in [5.41, 5.74) is 4.63. The molecule has 4 rings (SSSR count). The van der Waals surface area contributed by atoms with Gasteiger partial charge in [-0.2, -0.15) is 4.98 Å². The monoisotopic (exact) mass is 392 g/mol. The molecule has 29 heavy (non-hydrogen) atoms. The highest BCUT2D eigenvalue weighted by molar-refractivity contribution is 5.55. The Morgan fingerprint density at radius 1 is 1.03 bits per heavy atom. The van der Waals surface area contributed by atoms with Crippen LogP contribution in [0.5, 0.6) is 0 Å². The fraction of sp³-hybridized carbons (Fsp3) is 0.391. The smallest absolute Gasteiger partial charge is 0.246 e. The van der Waals surface area contributed by atoms with Gasteiger partial charge in [0.1, 0.15) is 0 Å². The third-order valence-corrected chi connectivity index (χ3v) is 5.25. The van der Waals surface area contributed by atoms with E-state index in [1.54, 1.807) is 0 Å². The minimum absolute atomic E-state index is 0.497. The van der Waals surface area contributed by atoms with Crippen molar-refractivity contribution in [2.75, 3.05) is 31.6 Å². The summed E-state index contributed by atoms with van der Waals surface area (Å²) in [5, 5.41) is 7.59. The van der Waals surface area contributed by atoms with Gasteiger partial charge in [-0.3, -0.25) is 4.90 Å². The molecule has 1 aliphatic heterocycles. The maximum atomic E-state index is 5.46. The molecule has 6 heteroatoms. The van der Waals surface area contributed by atoms with Crippen molar-refractivity contribution in [1.82, 2.24) is 15.0 Å². The van der Waals surface area contributed by atoms with E-state index in [4.69, 9.17) is 9.26 Å². The largest absolute Gasteiger partial charge is 0.379 e. The zero-order valence-electron chi connectivity index (χ0n) is 17.1. The number of nitrogens with zero attached hydrogens (tertiary/aromatic N) is 3. The van der Waals surface area contributed by atoms with E-state index in [1.807, 2.05) is 6.07 Å². The third-order valence-electron chi connectivity index (χ3n) is 5.25. The van der Waals surface area contributed by atoms with Crippen LogP contribution < -0.4 is 5.32 Å². The van der Waals surface area contributed by atoms with Crippen LogP contribution in [0.2, 0.25) is 0 Å². The van der Waals surface area contributed by atoms with Crippen molar-refractivity contribution < 1.29 is 9.26 Å². The molecule has 6 nitrogen and oxygen atoms in total. The van der Waals surface area contributed by atoms with Gasteiger partial charge in [-0.05, 0) is 23.1 Å². The van der Waals surface area contributed by atoms with Crippen LogP contribution in [0.4, 0.5) is 5.69 Å². The molecule has 2 heterocycles. The Hall–Kier alpha value is -2.70. The number of ether oxygens (including phenoxy) is 1. The first-order chi connectivity index (χ1) is 14.2. The van der Waals surface area contributed by atoms with Crippen molar-refractivity contribution in [3.63, 3.8) is 0 Å². The van der Waals surface area contributed by atoms with Crippen LogP contribution in [0.15, 0.2) is 53.1 Å². The first-order valence-corrected chi connectivity index (χ1v) is 10.2. The Bertz CT molecular complexity index is 915. The molecule has 1 saturated heterocycles. The quantitative estimate of drug-likeness (QED) is 0.647. The molecule has 1 aromatic heterocycles. The van der Waals surface area contributed by atoms with Gasteiger partial charge in [-0.15, -0.1) is 0 Å². The SMILES string of the molecule is CC(C)c1ccc(-c2noc(CNc3ccccc3CN3CCOCC3)n2)cc1. The highest BCUT2D eigenvalue weighted by atomic mass is 16.5. The minimum atomic E-state index is 0.497. The van der Waals surface area contributed by atoms with Gasteiger partial charge in [0, 0.05) is 30.9 Å². The van der Waals surface area contributed by atoms with E-state index in [0.29, 0.717) is 24.2 Å². The molecule has 0 amide bonds. The third kappa shape index (κ3) is 5.02. The second kappa shape index (κ2) is 9.20. The summed E-state index contributed by atoms with van der Waals surface area (Å²) < 4.78 is 10.9. The van der Waals surface area contributed by atoms with Gasteiger partial charge in [-0.1, -0.05) is 61.5 Å². The molecular weight excluding hydrogens is 364 g/mol. The van der Waals surface area contributed by atoms with E-state index < -0.39 is 0 Å².